The van der Waals surface area contributed by atoms with Gasteiger partial charge in [-0.05, 0) is 12.8 Å². The SMILES string of the molecule is CC(C)c1noc(N2CCC(OS(C)(=O)=O)CC2)n1. The van der Waals surface area contributed by atoms with Crippen LogP contribution >= 0.6 is 0 Å². The summed E-state index contributed by atoms with van der Waals surface area (Å²) in [6.45, 7) is 5.31. The Kier molecular flexibility index (Phi) is 4.10. The third kappa shape index (κ3) is 3.90. The van der Waals surface area contributed by atoms with E-state index in [1.807, 2.05) is 18.7 Å². The van der Waals surface area contributed by atoms with Crippen LogP contribution in [0.1, 0.15) is 38.4 Å². The summed E-state index contributed by atoms with van der Waals surface area (Å²) in [6.07, 6.45) is 2.09. The third-order valence-electron chi connectivity index (χ3n) is 2.97. The van der Waals surface area contributed by atoms with Gasteiger partial charge in [0, 0.05) is 19.0 Å². The summed E-state index contributed by atoms with van der Waals surface area (Å²) in [4.78, 5) is 6.28. The van der Waals surface area contributed by atoms with Crippen molar-refractivity contribution in [3.05, 3.63) is 5.82 Å². The largest absolute Gasteiger partial charge is 0.324 e. The van der Waals surface area contributed by atoms with Gasteiger partial charge in [0.25, 0.3) is 10.1 Å². The number of rotatable bonds is 4. The topological polar surface area (TPSA) is 85.5 Å². The van der Waals surface area contributed by atoms with E-state index >= 15 is 0 Å². The average Bonchev–Trinajstić information content (AvgIpc) is 2.77. The fraction of sp³-hybridized carbons (Fsp3) is 0.818. The summed E-state index contributed by atoms with van der Waals surface area (Å²) < 4.78 is 32.3. The van der Waals surface area contributed by atoms with Crippen LogP contribution in [0.25, 0.3) is 0 Å². The van der Waals surface area contributed by atoms with Crippen molar-refractivity contribution in [3.63, 3.8) is 0 Å². The third-order valence-corrected chi connectivity index (χ3v) is 3.59. The molecule has 2 heterocycles. The molecule has 19 heavy (non-hydrogen) atoms. The molecule has 0 aliphatic carbocycles. The summed E-state index contributed by atoms with van der Waals surface area (Å²) in [5.74, 6) is 0.910. The Balaban J connectivity index is 1.92. The second-order valence-corrected chi connectivity index (χ2v) is 6.68. The van der Waals surface area contributed by atoms with E-state index in [9.17, 15) is 8.42 Å². The van der Waals surface area contributed by atoms with E-state index in [1.54, 1.807) is 0 Å². The van der Waals surface area contributed by atoms with Gasteiger partial charge in [-0.3, -0.25) is 4.18 Å². The van der Waals surface area contributed by atoms with Crippen LogP contribution in [0.15, 0.2) is 4.52 Å². The van der Waals surface area contributed by atoms with Gasteiger partial charge in [-0.1, -0.05) is 19.0 Å². The van der Waals surface area contributed by atoms with Crippen molar-refractivity contribution >= 4 is 16.1 Å². The lowest BCUT2D eigenvalue weighted by Crippen LogP contribution is -2.38. The number of nitrogens with zero attached hydrogens (tertiary/aromatic N) is 3. The molecule has 1 fully saturated rings. The predicted molar refractivity (Wildman–Crippen MR) is 69.6 cm³/mol. The minimum absolute atomic E-state index is 0.226. The molecule has 0 unspecified atom stereocenters. The smallest absolute Gasteiger partial charge is 0.324 e. The van der Waals surface area contributed by atoms with E-state index in [0.29, 0.717) is 37.8 Å². The zero-order chi connectivity index (χ0) is 14.0. The Morgan fingerprint density at radius 3 is 2.47 bits per heavy atom. The molecule has 1 aliphatic rings. The van der Waals surface area contributed by atoms with Crippen LogP contribution in [-0.4, -0.2) is 44.0 Å². The first-order chi connectivity index (χ1) is 8.85. The Hall–Kier alpha value is -1.15. The first kappa shape index (κ1) is 14.3. The maximum absolute atomic E-state index is 11.1. The lowest BCUT2D eigenvalue weighted by Gasteiger charge is -2.29. The lowest BCUT2D eigenvalue weighted by atomic mass is 10.1. The second-order valence-electron chi connectivity index (χ2n) is 5.08. The van der Waals surface area contributed by atoms with Gasteiger partial charge in [0.15, 0.2) is 5.82 Å². The molecular formula is C11H19N3O4S. The van der Waals surface area contributed by atoms with E-state index in [4.69, 9.17) is 8.71 Å². The first-order valence-electron chi connectivity index (χ1n) is 6.32. The number of hydrogen-bond donors (Lipinski definition) is 0. The zero-order valence-electron chi connectivity index (χ0n) is 11.4. The molecule has 1 saturated heterocycles. The maximum atomic E-state index is 11.1. The van der Waals surface area contributed by atoms with Gasteiger partial charge in [0.1, 0.15) is 0 Å². The monoisotopic (exact) mass is 289 g/mol. The van der Waals surface area contributed by atoms with E-state index in [0.717, 1.165) is 6.26 Å². The number of piperidine rings is 1. The first-order valence-corrected chi connectivity index (χ1v) is 8.13. The molecular weight excluding hydrogens is 270 g/mol. The Bertz CT molecular complexity index is 518. The van der Waals surface area contributed by atoms with Gasteiger partial charge in [-0.2, -0.15) is 13.4 Å². The van der Waals surface area contributed by atoms with Crippen LogP contribution in [0.5, 0.6) is 0 Å². The minimum atomic E-state index is -3.38. The van der Waals surface area contributed by atoms with Gasteiger partial charge < -0.3 is 9.42 Å². The molecule has 1 aromatic heterocycles. The van der Waals surface area contributed by atoms with Crippen molar-refractivity contribution in [1.82, 2.24) is 10.1 Å². The highest BCUT2D eigenvalue weighted by Gasteiger charge is 2.26. The van der Waals surface area contributed by atoms with E-state index in [2.05, 4.69) is 10.1 Å². The molecule has 0 spiro atoms. The molecule has 1 aromatic rings. The molecule has 0 aromatic carbocycles. The average molecular weight is 289 g/mol. The van der Waals surface area contributed by atoms with Gasteiger partial charge in [0.05, 0.1) is 12.4 Å². The van der Waals surface area contributed by atoms with Crippen molar-refractivity contribution in [2.45, 2.75) is 38.7 Å². The quantitative estimate of drug-likeness (QED) is 0.768. The summed E-state index contributed by atoms with van der Waals surface area (Å²) in [5, 5.41) is 3.91. The van der Waals surface area contributed by atoms with Crippen molar-refractivity contribution in [2.24, 2.45) is 0 Å². The molecule has 1 aliphatic heterocycles. The fourth-order valence-corrected chi connectivity index (χ4v) is 2.67. The summed E-state index contributed by atoms with van der Waals surface area (Å²) in [6, 6.07) is 0.501. The molecule has 8 heteroatoms. The van der Waals surface area contributed by atoms with Crippen molar-refractivity contribution in [2.75, 3.05) is 24.2 Å². The van der Waals surface area contributed by atoms with Crippen molar-refractivity contribution in [3.8, 4) is 0 Å². The molecule has 0 saturated carbocycles. The van der Waals surface area contributed by atoms with Crippen LogP contribution in [0.4, 0.5) is 6.01 Å². The van der Waals surface area contributed by atoms with Gasteiger partial charge in [0.2, 0.25) is 0 Å². The van der Waals surface area contributed by atoms with E-state index in [-0.39, 0.29) is 12.0 Å². The van der Waals surface area contributed by atoms with Gasteiger partial charge in [-0.25, -0.2) is 0 Å². The summed E-state index contributed by atoms with van der Waals surface area (Å²) >= 11 is 0. The minimum Gasteiger partial charge on any atom is -0.324 e. The van der Waals surface area contributed by atoms with Crippen LogP contribution in [0.3, 0.4) is 0 Å². The van der Waals surface area contributed by atoms with Crippen LogP contribution in [0.2, 0.25) is 0 Å². The van der Waals surface area contributed by atoms with E-state index < -0.39 is 10.1 Å². The highest BCUT2D eigenvalue weighted by Crippen LogP contribution is 2.22. The number of hydrogen-bond acceptors (Lipinski definition) is 7. The highest BCUT2D eigenvalue weighted by molar-refractivity contribution is 7.86. The number of aromatic nitrogens is 2. The maximum Gasteiger partial charge on any atom is 0.324 e. The summed E-state index contributed by atoms with van der Waals surface area (Å²) in [7, 11) is -3.38. The Labute approximate surface area is 113 Å². The molecule has 0 N–H and O–H groups in total. The van der Waals surface area contributed by atoms with Gasteiger partial charge in [-0.15, -0.1) is 0 Å². The van der Waals surface area contributed by atoms with Crippen LogP contribution < -0.4 is 4.90 Å². The van der Waals surface area contributed by atoms with E-state index in [1.165, 1.54) is 0 Å². The summed E-state index contributed by atoms with van der Waals surface area (Å²) in [5.41, 5.74) is 0. The van der Waals surface area contributed by atoms with Crippen molar-refractivity contribution < 1.29 is 17.1 Å². The normalized spacial score (nSPS) is 18.2. The van der Waals surface area contributed by atoms with Crippen molar-refractivity contribution in [1.29, 1.82) is 0 Å². The Morgan fingerprint density at radius 2 is 2.00 bits per heavy atom. The van der Waals surface area contributed by atoms with Crippen LogP contribution in [-0.2, 0) is 14.3 Å². The van der Waals surface area contributed by atoms with Gasteiger partial charge >= 0.3 is 6.01 Å². The highest BCUT2D eigenvalue weighted by atomic mass is 32.2. The molecule has 0 amide bonds. The molecule has 0 radical (unpaired) electrons. The standard InChI is InChI=1S/C11H19N3O4S/c1-8(2)10-12-11(17-13-10)14-6-4-9(5-7-14)18-19(3,15)16/h8-9H,4-7H2,1-3H3. The lowest BCUT2D eigenvalue weighted by molar-refractivity contribution is 0.177. The van der Waals surface area contributed by atoms with Crippen LogP contribution in [0, 0.1) is 0 Å². The zero-order valence-corrected chi connectivity index (χ0v) is 12.2. The Morgan fingerprint density at radius 1 is 1.37 bits per heavy atom. The molecule has 7 nitrogen and oxygen atoms in total. The number of anilines is 1. The second kappa shape index (κ2) is 5.46. The molecule has 0 bridgehead atoms. The molecule has 108 valence electrons. The molecule has 2 rings (SSSR count). The predicted octanol–water partition coefficient (Wildman–Crippen LogP) is 1.14. The fourth-order valence-electron chi connectivity index (χ4n) is 1.98. The molecule has 0 atom stereocenters.